The van der Waals surface area contributed by atoms with E-state index in [1.165, 1.54) is 7.11 Å². The minimum atomic E-state index is -0.663. The fraction of sp³-hybridized carbons (Fsp3) is 0.400. The van der Waals surface area contributed by atoms with Crippen LogP contribution in [0.15, 0.2) is 36.4 Å². The molecule has 1 amide bonds. The van der Waals surface area contributed by atoms with E-state index in [1.54, 1.807) is 17.8 Å². The van der Waals surface area contributed by atoms with Crippen LogP contribution in [0.25, 0.3) is 10.8 Å². The molecule has 0 heterocycles. The van der Waals surface area contributed by atoms with Gasteiger partial charge in [0.1, 0.15) is 6.04 Å². The molecule has 0 aromatic heterocycles. The lowest BCUT2D eigenvalue weighted by Gasteiger charge is -2.17. The van der Waals surface area contributed by atoms with Gasteiger partial charge in [-0.3, -0.25) is 4.79 Å². The van der Waals surface area contributed by atoms with E-state index in [0.717, 1.165) is 22.2 Å². The zero-order valence-electron chi connectivity index (χ0n) is 16.1. The van der Waals surface area contributed by atoms with E-state index in [-0.39, 0.29) is 11.9 Å². The SMILES string of the molecule is COC(=O)C(CCSC)NC(=O)c1cccc2cc(NCC(N)CS)ccc12. The second kappa shape index (κ2) is 11.2. The molecule has 0 bridgehead atoms. The summed E-state index contributed by atoms with van der Waals surface area (Å²) in [6.07, 6.45) is 2.47. The van der Waals surface area contributed by atoms with Crippen molar-refractivity contribution in [1.29, 1.82) is 0 Å². The highest BCUT2D eigenvalue weighted by Crippen LogP contribution is 2.23. The van der Waals surface area contributed by atoms with Gasteiger partial charge in [0.2, 0.25) is 0 Å². The number of nitrogens with two attached hydrogens (primary N) is 1. The fourth-order valence-corrected chi connectivity index (χ4v) is 3.37. The predicted molar refractivity (Wildman–Crippen MR) is 121 cm³/mol. The summed E-state index contributed by atoms with van der Waals surface area (Å²) in [5.41, 5.74) is 7.33. The summed E-state index contributed by atoms with van der Waals surface area (Å²) in [6.45, 7) is 0.617. The van der Waals surface area contributed by atoms with Gasteiger partial charge in [-0.05, 0) is 47.4 Å². The Bertz CT molecular complexity index is 816. The van der Waals surface area contributed by atoms with Gasteiger partial charge in [0.05, 0.1) is 7.11 Å². The van der Waals surface area contributed by atoms with Crippen LogP contribution in [0.5, 0.6) is 0 Å². The number of nitrogens with one attached hydrogen (secondary N) is 2. The number of thioether (sulfide) groups is 1. The molecule has 2 aromatic rings. The maximum absolute atomic E-state index is 12.8. The third kappa shape index (κ3) is 6.05. The van der Waals surface area contributed by atoms with Gasteiger partial charge < -0.3 is 21.1 Å². The van der Waals surface area contributed by atoms with Gasteiger partial charge in [0, 0.05) is 29.6 Å². The van der Waals surface area contributed by atoms with Crippen molar-refractivity contribution in [2.45, 2.75) is 18.5 Å². The van der Waals surface area contributed by atoms with Crippen molar-refractivity contribution in [2.75, 3.05) is 36.7 Å². The lowest BCUT2D eigenvalue weighted by Crippen LogP contribution is -2.42. The minimum Gasteiger partial charge on any atom is -0.467 e. The minimum absolute atomic E-state index is 0.0346. The third-order valence-electron chi connectivity index (χ3n) is 4.33. The van der Waals surface area contributed by atoms with Crippen molar-refractivity contribution < 1.29 is 14.3 Å². The lowest BCUT2D eigenvalue weighted by molar-refractivity contribution is -0.142. The molecule has 4 N–H and O–H groups in total. The van der Waals surface area contributed by atoms with Crippen LogP contribution >= 0.6 is 24.4 Å². The molecule has 152 valence electrons. The van der Waals surface area contributed by atoms with Crippen molar-refractivity contribution >= 4 is 52.7 Å². The van der Waals surface area contributed by atoms with Crippen molar-refractivity contribution in [3.63, 3.8) is 0 Å². The number of esters is 1. The number of carbonyl (C=O) groups is 2. The molecule has 0 aliphatic rings. The molecule has 2 rings (SSSR count). The van der Waals surface area contributed by atoms with Crippen molar-refractivity contribution in [3.8, 4) is 0 Å². The number of thiol groups is 1. The Hall–Kier alpha value is -1.90. The summed E-state index contributed by atoms with van der Waals surface area (Å²) >= 11 is 5.80. The Balaban J connectivity index is 2.21. The first-order chi connectivity index (χ1) is 13.5. The number of fused-ring (bicyclic) bond motifs is 1. The number of hydrogen-bond donors (Lipinski definition) is 4. The summed E-state index contributed by atoms with van der Waals surface area (Å²) in [7, 11) is 1.33. The Morgan fingerprint density at radius 2 is 2.07 bits per heavy atom. The Kier molecular flexibility index (Phi) is 8.95. The van der Waals surface area contributed by atoms with Gasteiger partial charge in [-0.1, -0.05) is 18.2 Å². The Morgan fingerprint density at radius 3 is 2.75 bits per heavy atom. The quantitative estimate of drug-likeness (QED) is 0.348. The van der Waals surface area contributed by atoms with E-state index in [2.05, 4.69) is 23.3 Å². The fourth-order valence-electron chi connectivity index (χ4n) is 2.77. The molecule has 28 heavy (non-hydrogen) atoms. The number of hydrogen-bond acceptors (Lipinski definition) is 7. The highest BCUT2D eigenvalue weighted by atomic mass is 32.2. The molecular weight excluding hydrogens is 394 g/mol. The first-order valence-electron chi connectivity index (χ1n) is 9.00. The lowest BCUT2D eigenvalue weighted by atomic mass is 10.0. The molecule has 0 fully saturated rings. The van der Waals surface area contributed by atoms with Crippen LogP contribution in [0.3, 0.4) is 0 Å². The largest absolute Gasteiger partial charge is 0.467 e. The molecule has 2 atom stereocenters. The number of carbonyl (C=O) groups excluding carboxylic acids is 2. The Labute approximate surface area is 175 Å². The summed E-state index contributed by atoms with van der Waals surface area (Å²) in [4.78, 5) is 24.8. The molecule has 0 aliphatic carbocycles. The van der Waals surface area contributed by atoms with Crippen LogP contribution < -0.4 is 16.4 Å². The van der Waals surface area contributed by atoms with Crippen LogP contribution in [0, 0.1) is 0 Å². The zero-order valence-corrected chi connectivity index (χ0v) is 17.8. The topological polar surface area (TPSA) is 93.4 Å². The highest BCUT2D eigenvalue weighted by Gasteiger charge is 2.22. The summed E-state index contributed by atoms with van der Waals surface area (Å²) in [5, 5.41) is 7.83. The van der Waals surface area contributed by atoms with Gasteiger partial charge in [-0.15, -0.1) is 0 Å². The second-order valence-corrected chi connectivity index (χ2v) is 7.75. The van der Waals surface area contributed by atoms with Crippen molar-refractivity contribution in [3.05, 3.63) is 42.0 Å². The smallest absolute Gasteiger partial charge is 0.328 e. The van der Waals surface area contributed by atoms with E-state index in [9.17, 15) is 9.59 Å². The van der Waals surface area contributed by atoms with Gasteiger partial charge in [-0.25, -0.2) is 4.79 Å². The first-order valence-corrected chi connectivity index (χ1v) is 11.0. The molecule has 2 unspecified atom stereocenters. The van der Waals surface area contributed by atoms with Crippen LogP contribution in [-0.2, 0) is 9.53 Å². The summed E-state index contributed by atoms with van der Waals surface area (Å²) in [6, 6.07) is 10.6. The number of benzene rings is 2. The van der Waals surface area contributed by atoms with E-state index >= 15 is 0 Å². The molecule has 0 radical (unpaired) electrons. The molecule has 0 saturated carbocycles. The van der Waals surface area contributed by atoms with Crippen LogP contribution in [0.4, 0.5) is 5.69 Å². The number of amides is 1. The zero-order chi connectivity index (χ0) is 20.5. The predicted octanol–water partition coefficient (Wildman–Crippen LogP) is 2.53. The van der Waals surface area contributed by atoms with Gasteiger partial charge in [-0.2, -0.15) is 24.4 Å². The molecule has 0 saturated heterocycles. The monoisotopic (exact) mass is 421 g/mol. The molecular formula is C20H27N3O3S2. The Morgan fingerprint density at radius 1 is 1.29 bits per heavy atom. The van der Waals surface area contributed by atoms with Gasteiger partial charge in [0.25, 0.3) is 5.91 Å². The molecule has 8 heteroatoms. The average Bonchev–Trinajstić information content (AvgIpc) is 2.73. The molecule has 0 spiro atoms. The van der Waals surface area contributed by atoms with Crippen molar-refractivity contribution in [2.24, 2.45) is 5.73 Å². The maximum atomic E-state index is 12.8. The van der Waals surface area contributed by atoms with E-state index in [4.69, 9.17) is 10.5 Å². The molecule has 0 aliphatic heterocycles. The van der Waals surface area contributed by atoms with Crippen LogP contribution in [0.1, 0.15) is 16.8 Å². The van der Waals surface area contributed by atoms with Crippen LogP contribution in [-0.4, -0.2) is 55.4 Å². The normalized spacial score (nSPS) is 13.0. The number of ether oxygens (including phenoxy) is 1. The molecule has 6 nitrogen and oxygen atoms in total. The average molecular weight is 422 g/mol. The van der Waals surface area contributed by atoms with Crippen molar-refractivity contribution in [1.82, 2.24) is 5.32 Å². The third-order valence-corrected chi connectivity index (χ3v) is 5.44. The number of anilines is 1. The molecule has 2 aromatic carbocycles. The standard InChI is InChI=1S/C20H27N3O3S2/c1-26-20(25)18(8-9-28-2)23-19(24)17-5-3-4-13-10-15(6-7-16(13)17)22-11-14(21)12-27/h3-7,10,14,18,22,27H,8-9,11-12,21H2,1-2H3,(H,23,24). The van der Waals surface area contributed by atoms with E-state index in [0.29, 0.717) is 24.3 Å². The van der Waals surface area contributed by atoms with Crippen LogP contribution in [0.2, 0.25) is 0 Å². The summed E-state index contributed by atoms with van der Waals surface area (Å²) in [5.74, 6) is 0.622. The first kappa shape index (κ1) is 22.4. The highest BCUT2D eigenvalue weighted by molar-refractivity contribution is 7.98. The van der Waals surface area contributed by atoms with Gasteiger partial charge >= 0.3 is 5.97 Å². The maximum Gasteiger partial charge on any atom is 0.328 e. The second-order valence-electron chi connectivity index (χ2n) is 6.40. The van der Waals surface area contributed by atoms with E-state index in [1.807, 2.05) is 36.6 Å². The number of methoxy groups -OCH3 is 1. The number of rotatable bonds is 10. The summed E-state index contributed by atoms with van der Waals surface area (Å²) < 4.78 is 4.82. The van der Waals surface area contributed by atoms with E-state index < -0.39 is 12.0 Å². The van der Waals surface area contributed by atoms with Gasteiger partial charge in [0.15, 0.2) is 0 Å².